The number of fused-ring (bicyclic) bond motifs is 1. The Morgan fingerprint density at radius 1 is 0.778 bits per heavy atom. The monoisotopic (exact) mass is 758 g/mol. The molecule has 0 saturated heterocycles. The Balaban J connectivity index is 1.47. The summed E-state index contributed by atoms with van der Waals surface area (Å²) in [6.45, 7) is 19.1. The van der Waals surface area contributed by atoms with Crippen molar-refractivity contribution in [3.63, 3.8) is 0 Å². The van der Waals surface area contributed by atoms with Crippen molar-refractivity contribution in [3.8, 4) is 22.8 Å². The first kappa shape index (κ1) is 42.0. The second-order valence-corrected chi connectivity index (χ2v) is 20.6. The molecule has 0 saturated carbocycles. The van der Waals surface area contributed by atoms with E-state index in [1.165, 1.54) is 0 Å². The van der Waals surface area contributed by atoms with Crippen LogP contribution in [0.5, 0.6) is 11.5 Å². The van der Waals surface area contributed by atoms with Crippen LogP contribution < -0.4 is 25.0 Å². The smallest absolute Gasteiger partial charge is 0.407 e. The summed E-state index contributed by atoms with van der Waals surface area (Å²) >= 11 is 0. The van der Waals surface area contributed by atoms with Crippen LogP contribution in [0.3, 0.4) is 0 Å². The number of carbonyl (C=O) groups is 2. The summed E-state index contributed by atoms with van der Waals surface area (Å²) in [5.74, 6) is 1.13. The van der Waals surface area contributed by atoms with Crippen LogP contribution >= 0.6 is 0 Å². The molecule has 2 amide bonds. The molecule has 0 spiro atoms. The Labute approximate surface area is 321 Å². The average molecular weight is 759 g/mol. The number of hydrogen-bond acceptors (Lipinski definition) is 10. The van der Waals surface area contributed by atoms with Gasteiger partial charge in [-0.2, -0.15) is 0 Å². The summed E-state index contributed by atoms with van der Waals surface area (Å²) in [5, 5.41) is 5.83. The summed E-state index contributed by atoms with van der Waals surface area (Å²) in [6.07, 6.45) is 6.10. The highest BCUT2D eigenvalue weighted by molar-refractivity contribution is 6.74. The highest BCUT2D eigenvalue weighted by atomic mass is 28.4. The average Bonchev–Trinajstić information content (AvgIpc) is 3.12. The lowest BCUT2D eigenvalue weighted by Crippen LogP contribution is -2.41. The standard InChI is InChI=1S/C41H58N6O6Si/c1-40(2,3)53-39(49)44-19-13-11-12-18-43-38(48)36-23-29(17-20-42-36)37-28-45-34-16-15-30(26-35(34)46-37)47(21-14-22-52-54(9,10)41(4,5)6)31-24-32(50-7)27-33(25-31)51-8/h15-17,20,23-28H,11-14,18-19,21-22H2,1-10H3,(H,43,48)(H,44,49). The SMILES string of the molecule is COc1cc(OC)cc(N(CCCO[Si](C)(C)C(C)(C)C)c2ccc3ncc(-c4ccnc(C(=O)NCCCCCNC(=O)OC(C)(C)C)c4)nc3c2)c1. The third-order valence-corrected chi connectivity index (χ3v) is 13.9. The van der Waals surface area contributed by atoms with E-state index in [-0.39, 0.29) is 10.9 Å². The van der Waals surface area contributed by atoms with E-state index in [1.807, 2.05) is 63.2 Å². The highest BCUT2D eigenvalue weighted by Crippen LogP contribution is 2.37. The van der Waals surface area contributed by atoms with Gasteiger partial charge in [0, 0.05) is 67.6 Å². The molecule has 4 rings (SSSR count). The number of pyridine rings is 1. The molecule has 12 nitrogen and oxygen atoms in total. The van der Waals surface area contributed by atoms with E-state index in [2.05, 4.69) is 54.4 Å². The lowest BCUT2D eigenvalue weighted by Gasteiger charge is -2.36. The molecule has 0 atom stereocenters. The van der Waals surface area contributed by atoms with Crippen LogP contribution in [0.2, 0.25) is 18.1 Å². The van der Waals surface area contributed by atoms with E-state index >= 15 is 0 Å². The van der Waals surface area contributed by atoms with Gasteiger partial charge in [-0.3, -0.25) is 14.8 Å². The number of amides is 2. The zero-order valence-corrected chi connectivity index (χ0v) is 34.7. The van der Waals surface area contributed by atoms with Crippen molar-refractivity contribution in [1.29, 1.82) is 0 Å². The van der Waals surface area contributed by atoms with Gasteiger partial charge in [0.15, 0.2) is 8.32 Å². The van der Waals surface area contributed by atoms with Crippen LogP contribution in [0.25, 0.3) is 22.3 Å². The number of alkyl carbamates (subject to hydrolysis) is 1. The van der Waals surface area contributed by atoms with Crippen molar-refractivity contribution in [3.05, 3.63) is 66.6 Å². The number of nitrogens with zero attached hydrogens (tertiary/aromatic N) is 4. The van der Waals surface area contributed by atoms with E-state index in [1.54, 1.807) is 32.7 Å². The fraction of sp³-hybridized carbons (Fsp3) is 0.488. The fourth-order valence-corrected chi connectivity index (χ4v) is 6.45. The zero-order valence-electron chi connectivity index (χ0n) is 33.7. The molecule has 54 heavy (non-hydrogen) atoms. The van der Waals surface area contributed by atoms with Crippen LogP contribution in [-0.4, -0.2) is 81.3 Å². The second-order valence-electron chi connectivity index (χ2n) is 15.8. The maximum atomic E-state index is 13.0. The summed E-state index contributed by atoms with van der Waals surface area (Å²) in [6, 6.07) is 15.5. The topological polar surface area (TPSA) is 137 Å². The van der Waals surface area contributed by atoms with Gasteiger partial charge in [-0.25, -0.2) is 9.78 Å². The van der Waals surface area contributed by atoms with Gasteiger partial charge >= 0.3 is 6.09 Å². The number of benzene rings is 2. The highest BCUT2D eigenvalue weighted by Gasteiger charge is 2.36. The number of rotatable bonds is 17. The number of unbranched alkanes of at least 4 members (excludes halogenated alkanes) is 2. The number of nitrogens with one attached hydrogen (secondary N) is 2. The molecular weight excluding hydrogens is 701 g/mol. The molecular formula is C41H58N6O6Si. The molecule has 13 heteroatoms. The zero-order chi connectivity index (χ0) is 39.5. The maximum Gasteiger partial charge on any atom is 0.407 e. The van der Waals surface area contributed by atoms with Crippen LogP contribution in [0.15, 0.2) is 60.9 Å². The van der Waals surface area contributed by atoms with Gasteiger partial charge < -0.3 is 34.2 Å². The number of ether oxygens (including phenoxy) is 3. The third kappa shape index (κ3) is 12.1. The second kappa shape index (κ2) is 18.5. The lowest BCUT2D eigenvalue weighted by molar-refractivity contribution is 0.0527. The third-order valence-electron chi connectivity index (χ3n) is 9.38. The molecule has 2 heterocycles. The van der Waals surface area contributed by atoms with E-state index in [0.717, 1.165) is 48.1 Å². The number of anilines is 2. The Hall–Kier alpha value is -4.75. The molecule has 0 unspecified atom stereocenters. The van der Waals surface area contributed by atoms with Gasteiger partial charge in [0.25, 0.3) is 5.91 Å². The summed E-state index contributed by atoms with van der Waals surface area (Å²) in [7, 11) is 1.40. The minimum atomic E-state index is -1.89. The lowest BCUT2D eigenvalue weighted by atomic mass is 10.1. The largest absolute Gasteiger partial charge is 0.497 e. The number of methoxy groups -OCH3 is 2. The molecule has 2 aromatic carbocycles. The Kier molecular flexibility index (Phi) is 14.4. The van der Waals surface area contributed by atoms with Gasteiger partial charge in [0.1, 0.15) is 22.8 Å². The minimum Gasteiger partial charge on any atom is -0.497 e. The van der Waals surface area contributed by atoms with Crippen molar-refractivity contribution in [2.24, 2.45) is 0 Å². The van der Waals surface area contributed by atoms with Crippen molar-refractivity contribution in [1.82, 2.24) is 25.6 Å². The van der Waals surface area contributed by atoms with E-state index in [4.69, 9.17) is 28.6 Å². The van der Waals surface area contributed by atoms with Crippen LogP contribution in [0, 0.1) is 0 Å². The van der Waals surface area contributed by atoms with E-state index in [0.29, 0.717) is 54.6 Å². The van der Waals surface area contributed by atoms with Crippen molar-refractivity contribution < 1.29 is 28.2 Å². The first-order valence-corrected chi connectivity index (χ1v) is 21.5. The number of carbonyl (C=O) groups excluding carboxylic acids is 2. The summed E-state index contributed by atoms with van der Waals surface area (Å²) in [5.41, 5.74) is 4.46. The normalized spacial score (nSPS) is 12.0. The Bertz CT molecular complexity index is 1850. The van der Waals surface area contributed by atoms with Crippen molar-refractivity contribution in [2.45, 2.75) is 91.0 Å². The van der Waals surface area contributed by atoms with Gasteiger partial charge in [-0.1, -0.05) is 20.8 Å². The van der Waals surface area contributed by atoms with E-state index in [9.17, 15) is 9.59 Å². The molecule has 0 aliphatic heterocycles. The summed E-state index contributed by atoms with van der Waals surface area (Å²) in [4.78, 5) is 41.0. The van der Waals surface area contributed by atoms with Crippen LogP contribution in [0.1, 0.15) is 77.7 Å². The van der Waals surface area contributed by atoms with E-state index < -0.39 is 20.0 Å². The van der Waals surface area contributed by atoms with Gasteiger partial charge in [-0.15, -0.1) is 0 Å². The number of aromatic nitrogens is 3. The molecule has 292 valence electrons. The quantitative estimate of drug-likeness (QED) is 0.0795. The molecule has 2 aromatic heterocycles. The van der Waals surface area contributed by atoms with Crippen LogP contribution in [0.4, 0.5) is 16.2 Å². The van der Waals surface area contributed by atoms with Crippen molar-refractivity contribution in [2.75, 3.05) is 45.4 Å². The predicted molar refractivity (Wildman–Crippen MR) is 218 cm³/mol. The minimum absolute atomic E-state index is 0.130. The molecule has 0 fully saturated rings. The van der Waals surface area contributed by atoms with Gasteiger partial charge in [0.2, 0.25) is 0 Å². The Morgan fingerprint density at radius 3 is 2.11 bits per heavy atom. The maximum absolute atomic E-state index is 13.0. The van der Waals surface area contributed by atoms with Crippen LogP contribution in [-0.2, 0) is 9.16 Å². The van der Waals surface area contributed by atoms with Gasteiger partial charge in [0.05, 0.1) is 37.1 Å². The van der Waals surface area contributed by atoms with Crippen molar-refractivity contribution >= 4 is 42.7 Å². The molecule has 0 aliphatic rings. The molecule has 2 N–H and O–H groups in total. The fourth-order valence-electron chi connectivity index (χ4n) is 5.37. The Morgan fingerprint density at radius 2 is 1.46 bits per heavy atom. The van der Waals surface area contributed by atoms with Gasteiger partial charge in [-0.05, 0) is 94.9 Å². The summed E-state index contributed by atoms with van der Waals surface area (Å²) < 4.78 is 23.0. The molecule has 4 aromatic rings. The molecule has 0 aliphatic carbocycles. The number of hydrogen-bond donors (Lipinski definition) is 2. The first-order valence-electron chi connectivity index (χ1n) is 18.6. The molecule has 0 radical (unpaired) electrons. The predicted octanol–water partition coefficient (Wildman–Crippen LogP) is 8.68. The molecule has 0 bridgehead atoms. The first-order chi connectivity index (χ1) is 25.5.